The normalized spacial score (nSPS) is 22.6. The highest BCUT2D eigenvalue weighted by Crippen LogP contribution is 2.47. The van der Waals surface area contributed by atoms with Gasteiger partial charge in [0.05, 0.1) is 6.61 Å². The second-order valence-corrected chi connectivity index (χ2v) is 16.9. The van der Waals surface area contributed by atoms with Gasteiger partial charge in [-0.3, -0.25) is 18.6 Å². The van der Waals surface area contributed by atoms with E-state index < -0.39 is 75.7 Å². The molecule has 0 amide bonds. The summed E-state index contributed by atoms with van der Waals surface area (Å²) in [6, 6.07) is 0. The standard InChI is InChI=1S/C49H79O13P/c1-3-5-7-9-11-13-15-17-19-20-21-22-24-26-28-30-32-34-36-38-43(51)61-41(40-60-63(57,58)62-49-47(55)45(53)44(52)46(54)48(49)56)39-59-42(50)37-35-33-31-29-27-25-23-18-16-14-12-10-8-6-4-2/h6,8,11-14,17-19,21-23,26,28,32,34,41,44-49,52-56H,3-5,7,9-10,15-16,20,24-25,27,29-31,33,35-40H2,1-2H3,(H,57,58)/b8-6+,13-11+,14-12+,19-17+,22-21+,23-18+,28-26+,34-32+/t41-,44?,45-,46?,47?,48?,49?/m1/s1. The van der Waals surface area contributed by atoms with Crippen LogP contribution < -0.4 is 0 Å². The third kappa shape index (κ3) is 30.5. The van der Waals surface area contributed by atoms with Crippen molar-refractivity contribution in [2.24, 2.45) is 0 Å². The Labute approximate surface area is 377 Å². The summed E-state index contributed by atoms with van der Waals surface area (Å²) in [5.41, 5.74) is 0. The van der Waals surface area contributed by atoms with E-state index >= 15 is 0 Å². The largest absolute Gasteiger partial charge is 0.472 e. The molecule has 1 saturated carbocycles. The fourth-order valence-electron chi connectivity index (χ4n) is 6.22. The number of rotatable bonds is 36. The molecule has 0 heterocycles. The second kappa shape index (κ2) is 38.1. The van der Waals surface area contributed by atoms with Gasteiger partial charge in [0.2, 0.25) is 0 Å². The van der Waals surface area contributed by atoms with E-state index in [2.05, 4.69) is 92.8 Å². The summed E-state index contributed by atoms with van der Waals surface area (Å²) in [7, 11) is -5.15. The van der Waals surface area contributed by atoms with Crippen LogP contribution in [-0.4, -0.2) is 98.3 Å². The smallest absolute Gasteiger partial charge is 0.462 e. The van der Waals surface area contributed by atoms with Gasteiger partial charge in [0.25, 0.3) is 0 Å². The van der Waals surface area contributed by atoms with Crippen molar-refractivity contribution in [1.82, 2.24) is 0 Å². The van der Waals surface area contributed by atoms with Crippen molar-refractivity contribution in [3.63, 3.8) is 0 Å². The zero-order valence-electron chi connectivity index (χ0n) is 37.8. The van der Waals surface area contributed by atoms with Crippen LogP contribution in [0.5, 0.6) is 0 Å². The Bertz CT molecular complexity index is 1470. The molecular formula is C49H79O13P. The van der Waals surface area contributed by atoms with Crippen LogP contribution in [0.3, 0.4) is 0 Å². The number of carbonyl (C=O) groups is 2. The van der Waals surface area contributed by atoms with Gasteiger partial charge < -0.3 is 39.9 Å². The summed E-state index contributed by atoms with van der Waals surface area (Å²) in [4.78, 5) is 35.7. The first-order chi connectivity index (χ1) is 30.4. The van der Waals surface area contributed by atoms with Gasteiger partial charge >= 0.3 is 19.8 Å². The number of ether oxygens (including phenoxy) is 2. The number of unbranched alkanes of at least 4 members (excludes halogenated alkanes) is 8. The topological polar surface area (TPSA) is 210 Å². The van der Waals surface area contributed by atoms with Crippen molar-refractivity contribution in [2.45, 2.75) is 185 Å². The average Bonchev–Trinajstić information content (AvgIpc) is 3.26. The van der Waals surface area contributed by atoms with E-state index in [1.807, 2.05) is 18.2 Å². The van der Waals surface area contributed by atoms with Crippen LogP contribution >= 0.6 is 7.82 Å². The summed E-state index contributed by atoms with van der Waals surface area (Å²) in [6.07, 6.45) is 37.6. The highest BCUT2D eigenvalue weighted by atomic mass is 31.2. The molecule has 0 radical (unpaired) electrons. The molecule has 63 heavy (non-hydrogen) atoms. The Balaban J connectivity index is 2.54. The monoisotopic (exact) mass is 907 g/mol. The Hall–Kier alpha value is -3.23. The lowest BCUT2D eigenvalue weighted by molar-refractivity contribution is -0.220. The van der Waals surface area contributed by atoms with Crippen LogP contribution in [0.4, 0.5) is 0 Å². The predicted molar refractivity (Wildman–Crippen MR) is 248 cm³/mol. The molecule has 358 valence electrons. The molecule has 0 aromatic heterocycles. The quantitative estimate of drug-likeness (QED) is 0.0150. The van der Waals surface area contributed by atoms with Crippen LogP contribution in [0.15, 0.2) is 97.2 Å². The van der Waals surface area contributed by atoms with E-state index in [9.17, 15) is 44.6 Å². The molecule has 1 fully saturated rings. The summed E-state index contributed by atoms with van der Waals surface area (Å²) in [6.45, 7) is 3.06. The SMILES string of the molecule is CC/C=C/C/C=C/C/C=C/CCCCCCCC(=O)OC[C@H](COP(=O)(O)OC1C(O)C(O)C(O)[C@@H](O)C1O)OC(=O)CC/C=C/C/C=C/C/C=C/C/C=C/C/C=C/CCCCC. The first-order valence-corrected chi connectivity index (χ1v) is 24.5. The van der Waals surface area contributed by atoms with Crippen LogP contribution in [0.25, 0.3) is 0 Å². The van der Waals surface area contributed by atoms with Crippen LogP contribution in [0, 0.1) is 0 Å². The maximum absolute atomic E-state index is 12.8. The first-order valence-electron chi connectivity index (χ1n) is 23.0. The highest BCUT2D eigenvalue weighted by molar-refractivity contribution is 7.47. The minimum Gasteiger partial charge on any atom is -0.462 e. The lowest BCUT2D eigenvalue weighted by Crippen LogP contribution is -2.64. The Morgan fingerprint density at radius 2 is 0.937 bits per heavy atom. The lowest BCUT2D eigenvalue weighted by atomic mass is 9.85. The average molecular weight is 907 g/mol. The number of carbonyl (C=O) groups excluding carboxylic acids is 2. The molecule has 14 heteroatoms. The molecule has 0 aliphatic heterocycles. The molecule has 0 saturated heterocycles. The van der Waals surface area contributed by atoms with E-state index in [-0.39, 0.29) is 12.8 Å². The zero-order valence-corrected chi connectivity index (χ0v) is 38.7. The van der Waals surface area contributed by atoms with Crippen LogP contribution in [0.2, 0.25) is 0 Å². The maximum Gasteiger partial charge on any atom is 0.472 e. The van der Waals surface area contributed by atoms with Crippen molar-refractivity contribution in [2.75, 3.05) is 13.2 Å². The minimum absolute atomic E-state index is 0.0365. The van der Waals surface area contributed by atoms with Gasteiger partial charge in [-0.1, -0.05) is 143 Å². The number of phosphoric acid groups is 1. The zero-order chi connectivity index (χ0) is 46.4. The molecule has 0 aromatic carbocycles. The van der Waals surface area contributed by atoms with E-state index in [1.165, 1.54) is 19.3 Å². The number of esters is 2. The van der Waals surface area contributed by atoms with Crippen molar-refractivity contribution in [3.8, 4) is 0 Å². The van der Waals surface area contributed by atoms with Crippen LogP contribution in [-0.2, 0) is 32.7 Å². The third-order valence-electron chi connectivity index (χ3n) is 9.92. The fraction of sp³-hybridized carbons (Fsp3) is 0.633. The van der Waals surface area contributed by atoms with Gasteiger partial charge in [0.15, 0.2) is 6.10 Å². The predicted octanol–water partition coefficient (Wildman–Crippen LogP) is 9.05. The molecular weight excluding hydrogens is 827 g/mol. The van der Waals surface area contributed by atoms with Gasteiger partial charge in [-0.2, -0.15) is 0 Å². The molecule has 1 aliphatic rings. The molecule has 6 N–H and O–H groups in total. The Morgan fingerprint density at radius 3 is 1.44 bits per heavy atom. The molecule has 13 nitrogen and oxygen atoms in total. The van der Waals surface area contributed by atoms with E-state index in [0.29, 0.717) is 19.3 Å². The number of aliphatic hydroxyl groups is 5. The van der Waals surface area contributed by atoms with Gasteiger partial charge in [0, 0.05) is 12.8 Å². The highest BCUT2D eigenvalue weighted by Gasteiger charge is 2.51. The number of hydrogen-bond donors (Lipinski definition) is 6. The lowest BCUT2D eigenvalue weighted by Gasteiger charge is -2.41. The Kier molecular flexibility index (Phi) is 34.9. The summed E-state index contributed by atoms with van der Waals surface area (Å²) in [5, 5.41) is 50.1. The number of aliphatic hydroxyl groups excluding tert-OH is 5. The van der Waals surface area contributed by atoms with E-state index in [4.69, 9.17) is 18.5 Å². The van der Waals surface area contributed by atoms with Crippen LogP contribution in [0.1, 0.15) is 142 Å². The minimum atomic E-state index is -5.15. The molecule has 8 atom stereocenters. The fourth-order valence-corrected chi connectivity index (χ4v) is 7.20. The maximum atomic E-state index is 12.8. The summed E-state index contributed by atoms with van der Waals surface area (Å²) < 4.78 is 33.4. The number of hydrogen-bond acceptors (Lipinski definition) is 12. The van der Waals surface area contributed by atoms with Gasteiger partial charge in [-0.25, -0.2) is 4.57 Å². The first kappa shape index (κ1) is 57.8. The van der Waals surface area contributed by atoms with Crippen molar-refractivity contribution in [1.29, 1.82) is 0 Å². The van der Waals surface area contributed by atoms with Crippen molar-refractivity contribution >= 4 is 19.8 Å². The summed E-state index contributed by atoms with van der Waals surface area (Å²) >= 11 is 0. The molecule has 1 rings (SSSR count). The van der Waals surface area contributed by atoms with E-state index in [0.717, 1.165) is 77.0 Å². The summed E-state index contributed by atoms with van der Waals surface area (Å²) in [5.74, 6) is -1.23. The third-order valence-corrected chi connectivity index (χ3v) is 10.9. The molecule has 0 spiro atoms. The van der Waals surface area contributed by atoms with Gasteiger partial charge in [-0.05, 0) is 83.5 Å². The molecule has 0 bridgehead atoms. The number of phosphoric ester groups is 1. The van der Waals surface area contributed by atoms with Gasteiger partial charge in [0.1, 0.15) is 43.2 Å². The van der Waals surface area contributed by atoms with Gasteiger partial charge in [-0.15, -0.1) is 0 Å². The second-order valence-electron chi connectivity index (χ2n) is 15.5. The van der Waals surface area contributed by atoms with E-state index in [1.54, 1.807) is 0 Å². The number of allylic oxidation sites excluding steroid dienone is 16. The van der Waals surface area contributed by atoms with Crippen molar-refractivity contribution < 1.29 is 63.1 Å². The molecule has 0 aromatic rings. The molecule has 1 aliphatic carbocycles. The molecule has 6 unspecified atom stereocenters. The van der Waals surface area contributed by atoms with Crippen molar-refractivity contribution in [3.05, 3.63) is 97.2 Å². The Morgan fingerprint density at radius 1 is 0.508 bits per heavy atom.